The molecule has 1 fully saturated rings. The van der Waals surface area contributed by atoms with Crippen molar-refractivity contribution in [3.63, 3.8) is 0 Å². The lowest BCUT2D eigenvalue weighted by molar-refractivity contribution is 0.323. The Hall–Kier alpha value is -1.34. The van der Waals surface area contributed by atoms with Crippen LogP contribution in [0.5, 0.6) is 5.75 Å². The van der Waals surface area contributed by atoms with Gasteiger partial charge >= 0.3 is 0 Å². The number of sulfonamides is 1. The van der Waals surface area contributed by atoms with Crippen LogP contribution in [-0.2, 0) is 10.0 Å². The quantitative estimate of drug-likeness (QED) is 0.786. The summed E-state index contributed by atoms with van der Waals surface area (Å²) in [6, 6.07) is 4.87. The first kappa shape index (κ1) is 19.0. The Morgan fingerprint density at radius 2 is 1.92 bits per heavy atom. The molecule has 0 amide bonds. The molecule has 0 aliphatic heterocycles. The maximum absolute atomic E-state index is 13.7. The molecular formula is C17H27FN2O3S. The Bertz CT molecular complexity index is 641. The van der Waals surface area contributed by atoms with Crippen LogP contribution >= 0.6 is 0 Å². The lowest BCUT2D eigenvalue weighted by Crippen LogP contribution is -2.41. The number of hydrogen-bond donors (Lipinski definition) is 2. The molecule has 1 aromatic rings. The minimum atomic E-state index is -3.20. The number of benzene rings is 1. The van der Waals surface area contributed by atoms with Gasteiger partial charge in [-0.15, -0.1) is 0 Å². The zero-order valence-electron chi connectivity index (χ0n) is 14.5. The molecular weight excluding hydrogens is 331 g/mol. The van der Waals surface area contributed by atoms with E-state index in [1.807, 2.05) is 0 Å². The molecule has 2 N–H and O–H groups in total. The van der Waals surface area contributed by atoms with Gasteiger partial charge in [-0.1, -0.05) is 0 Å². The summed E-state index contributed by atoms with van der Waals surface area (Å²) < 4.78 is 45.2. The van der Waals surface area contributed by atoms with Gasteiger partial charge in [-0.05, 0) is 57.6 Å². The summed E-state index contributed by atoms with van der Waals surface area (Å²) in [7, 11) is -1.76. The molecule has 1 aliphatic carbocycles. The van der Waals surface area contributed by atoms with Crippen molar-refractivity contribution >= 4 is 15.7 Å². The lowest BCUT2D eigenvalue weighted by atomic mass is 9.86. The van der Waals surface area contributed by atoms with Crippen molar-refractivity contribution in [3.05, 3.63) is 24.0 Å². The van der Waals surface area contributed by atoms with Crippen LogP contribution in [0.4, 0.5) is 10.1 Å². The van der Waals surface area contributed by atoms with E-state index in [2.05, 4.69) is 10.0 Å². The third-order valence-electron chi connectivity index (χ3n) is 4.54. The minimum Gasteiger partial charge on any atom is -0.494 e. The fourth-order valence-electron chi connectivity index (χ4n) is 2.89. The van der Waals surface area contributed by atoms with E-state index < -0.39 is 15.3 Å². The van der Waals surface area contributed by atoms with Gasteiger partial charge in [0.15, 0.2) is 11.6 Å². The highest BCUT2D eigenvalue weighted by Gasteiger charge is 2.26. The minimum absolute atomic E-state index is 0.0343. The first-order valence-corrected chi connectivity index (χ1v) is 9.95. The van der Waals surface area contributed by atoms with Crippen LogP contribution < -0.4 is 14.8 Å². The van der Waals surface area contributed by atoms with E-state index >= 15 is 0 Å². The molecule has 2 rings (SSSR count). The molecule has 0 bridgehead atoms. The van der Waals surface area contributed by atoms with Crippen LogP contribution in [0.25, 0.3) is 0 Å². The van der Waals surface area contributed by atoms with E-state index in [9.17, 15) is 12.8 Å². The third-order valence-corrected chi connectivity index (χ3v) is 6.45. The van der Waals surface area contributed by atoms with E-state index in [-0.39, 0.29) is 17.6 Å². The van der Waals surface area contributed by atoms with Gasteiger partial charge < -0.3 is 10.1 Å². The fraction of sp³-hybridized carbons (Fsp3) is 0.647. The first-order chi connectivity index (χ1) is 11.3. The topological polar surface area (TPSA) is 67.4 Å². The number of halogens is 1. The van der Waals surface area contributed by atoms with Crippen LogP contribution in [-0.4, -0.2) is 33.4 Å². The number of nitrogens with one attached hydrogen (secondary N) is 2. The second-order valence-electron chi connectivity index (χ2n) is 6.66. The molecule has 0 radical (unpaired) electrons. The van der Waals surface area contributed by atoms with Gasteiger partial charge in [-0.3, -0.25) is 0 Å². The fourth-order valence-corrected chi connectivity index (χ4v) is 3.86. The molecule has 0 heterocycles. The zero-order valence-corrected chi connectivity index (χ0v) is 15.3. The normalized spacial score (nSPS) is 21.7. The van der Waals surface area contributed by atoms with Crippen molar-refractivity contribution in [1.82, 2.24) is 4.72 Å². The van der Waals surface area contributed by atoms with Gasteiger partial charge in [0.25, 0.3) is 0 Å². The van der Waals surface area contributed by atoms with E-state index in [1.54, 1.807) is 26.0 Å². The number of anilines is 1. The van der Waals surface area contributed by atoms with Crippen LogP contribution in [0.3, 0.4) is 0 Å². The van der Waals surface area contributed by atoms with Gasteiger partial charge in [0.2, 0.25) is 10.0 Å². The first-order valence-electron chi connectivity index (χ1n) is 8.40. The second kappa shape index (κ2) is 8.16. The highest BCUT2D eigenvalue weighted by Crippen LogP contribution is 2.26. The Morgan fingerprint density at radius 1 is 1.25 bits per heavy atom. The summed E-state index contributed by atoms with van der Waals surface area (Å²) >= 11 is 0. The standard InChI is InChI=1S/C17H27FN2O3S/c1-12(2)24(21,22)20-14-6-4-13(5-7-14)11-19-15-8-9-17(23-3)16(18)10-15/h8-10,12-14,19-20H,4-7,11H2,1-3H3. The van der Waals surface area contributed by atoms with Gasteiger partial charge in [-0.25, -0.2) is 17.5 Å². The zero-order chi connectivity index (χ0) is 17.7. The van der Waals surface area contributed by atoms with Crippen molar-refractivity contribution in [1.29, 1.82) is 0 Å². The molecule has 0 unspecified atom stereocenters. The predicted octanol–water partition coefficient (Wildman–Crippen LogP) is 3.13. The second-order valence-corrected chi connectivity index (χ2v) is 8.93. The van der Waals surface area contributed by atoms with Gasteiger partial charge in [0.05, 0.1) is 12.4 Å². The van der Waals surface area contributed by atoms with E-state index in [4.69, 9.17) is 4.74 Å². The smallest absolute Gasteiger partial charge is 0.214 e. The molecule has 5 nitrogen and oxygen atoms in total. The summed E-state index contributed by atoms with van der Waals surface area (Å²) in [6.45, 7) is 4.13. The Labute approximate surface area is 144 Å². The summed E-state index contributed by atoms with van der Waals surface area (Å²) in [4.78, 5) is 0. The van der Waals surface area contributed by atoms with Gasteiger partial charge in [0.1, 0.15) is 0 Å². The predicted molar refractivity (Wildman–Crippen MR) is 94.4 cm³/mol. The van der Waals surface area contributed by atoms with Crippen LogP contribution in [0.15, 0.2) is 18.2 Å². The number of rotatable bonds is 7. The maximum atomic E-state index is 13.7. The lowest BCUT2D eigenvalue weighted by Gasteiger charge is -2.29. The summed E-state index contributed by atoms with van der Waals surface area (Å²) in [5.74, 6) is 0.322. The molecule has 1 saturated carbocycles. The van der Waals surface area contributed by atoms with Crippen molar-refractivity contribution < 1.29 is 17.5 Å². The van der Waals surface area contributed by atoms with Gasteiger partial charge in [0, 0.05) is 24.3 Å². The molecule has 0 spiro atoms. The third kappa shape index (κ3) is 5.08. The largest absolute Gasteiger partial charge is 0.494 e. The highest BCUT2D eigenvalue weighted by atomic mass is 32.2. The van der Waals surface area contributed by atoms with Crippen LogP contribution in [0.2, 0.25) is 0 Å². The van der Waals surface area contributed by atoms with Crippen molar-refractivity contribution in [2.75, 3.05) is 19.0 Å². The van der Waals surface area contributed by atoms with Crippen molar-refractivity contribution in [2.24, 2.45) is 5.92 Å². The number of ether oxygens (including phenoxy) is 1. The maximum Gasteiger partial charge on any atom is 0.214 e. The molecule has 1 aromatic carbocycles. The molecule has 1 aliphatic rings. The molecule has 7 heteroatoms. The Kier molecular flexibility index (Phi) is 6.46. The summed E-state index contributed by atoms with van der Waals surface area (Å²) in [6.07, 6.45) is 3.60. The summed E-state index contributed by atoms with van der Waals surface area (Å²) in [5, 5.41) is 2.85. The van der Waals surface area contributed by atoms with E-state index in [0.29, 0.717) is 5.92 Å². The average molecular weight is 358 g/mol. The summed E-state index contributed by atoms with van der Waals surface area (Å²) in [5.41, 5.74) is 0.732. The van der Waals surface area contributed by atoms with Crippen molar-refractivity contribution in [2.45, 2.75) is 50.8 Å². The SMILES string of the molecule is COc1ccc(NCC2CCC(NS(=O)(=O)C(C)C)CC2)cc1F. The molecule has 136 valence electrons. The van der Waals surface area contributed by atoms with Crippen LogP contribution in [0.1, 0.15) is 39.5 Å². The van der Waals surface area contributed by atoms with E-state index in [0.717, 1.165) is 37.9 Å². The molecule has 0 atom stereocenters. The Balaban J connectivity index is 1.78. The van der Waals surface area contributed by atoms with Crippen LogP contribution in [0, 0.1) is 11.7 Å². The van der Waals surface area contributed by atoms with E-state index in [1.165, 1.54) is 13.2 Å². The molecule has 0 aromatic heterocycles. The number of methoxy groups -OCH3 is 1. The average Bonchev–Trinajstić information content (AvgIpc) is 2.54. The molecule has 24 heavy (non-hydrogen) atoms. The highest BCUT2D eigenvalue weighted by molar-refractivity contribution is 7.90. The number of hydrogen-bond acceptors (Lipinski definition) is 4. The van der Waals surface area contributed by atoms with Gasteiger partial charge in [-0.2, -0.15) is 0 Å². The Morgan fingerprint density at radius 3 is 2.46 bits per heavy atom. The van der Waals surface area contributed by atoms with Crippen molar-refractivity contribution in [3.8, 4) is 5.75 Å². The molecule has 0 saturated heterocycles. The monoisotopic (exact) mass is 358 g/mol.